The van der Waals surface area contributed by atoms with Crippen LogP contribution in [0.1, 0.15) is 18.3 Å². The number of rotatable bonds is 2. The van der Waals surface area contributed by atoms with Crippen molar-refractivity contribution in [3.8, 4) is 6.07 Å². The second-order valence-electron chi connectivity index (χ2n) is 3.34. The maximum absolute atomic E-state index is 12.6. The van der Waals surface area contributed by atoms with Crippen LogP contribution >= 0.6 is 0 Å². The van der Waals surface area contributed by atoms with E-state index in [2.05, 4.69) is 0 Å². The van der Waals surface area contributed by atoms with Crippen LogP contribution in [0.15, 0.2) is 24.3 Å². The van der Waals surface area contributed by atoms with Crippen LogP contribution in [0.3, 0.4) is 0 Å². The molecular weight excluding hydrogens is 197 g/mol. The van der Waals surface area contributed by atoms with Crippen molar-refractivity contribution in [2.24, 2.45) is 0 Å². The molecule has 2 rings (SSSR count). The number of nitrogens with zero attached hydrogens (tertiary/aromatic N) is 1. The fourth-order valence-corrected chi connectivity index (χ4v) is 1.45. The molecule has 1 aromatic rings. The Labute approximate surface area is 87.0 Å². The average Bonchev–Trinajstić information content (AvgIpc) is 2.68. The molecule has 15 heavy (non-hydrogen) atoms. The summed E-state index contributed by atoms with van der Waals surface area (Å²) in [6.07, 6.45) is -0.327. The first-order valence-electron chi connectivity index (χ1n) is 4.69. The van der Waals surface area contributed by atoms with Crippen LogP contribution in [0.4, 0.5) is 4.39 Å². The first-order valence-corrected chi connectivity index (χ1v) is 4.69. The lowest BCUT2D eigenvalue weighted by Crippen LogP contribution is -2.07. The molecule has 1 aromatic carbocycles. The Balaban J connectivity index is 2.02. The minimum Gasteiger partial charge on any atom is -0.346 e. The van der Waals surface area contributed by atoms with Crippen molar-refractivity contribution in [3.63, 3.8) is 0 Å². The minimum atomic E-state index is -0.469. The van der Waals surface area contributed by atoms with Crippen molar-refractivity contribution >= 4 is 0 Å². The molecule has 0 amide bonds. The van der Waals surface area contributed by atoms with E-state index in [4.69, 9.17) is 14.7 Å². The lowest BCUT2D eigenvalue weighted by atomic mass is 10.2. The maximum atomic E-state index is 12.6. The highest BCUT2D eigenvalue weighted by Gasteiger charge is 2.26. The third-order valence-electron chi connectivity index (χ3n) is 2.21. The zero-order valence-corrected chi connectivity index (χ0v) is 8.02. The van der Waals surface area contributed by atoms with Crippen molar-refractivity contribution in [3.05, 3.63) is 35.6 Å². The van der Waals surface area contributed by atoms with Gasteiger partial charge in [0.05, 0.1) is 25.2 Å². The van der Waals surface area contributed by atoms with Gasteiger partial charge in [-0.15, -0.1) is 0 Å². The molecule has 0 bridgehead atoms. The highest BCUT2D eigenvalue weighted by atomic mass is 19.1. The van der Waals surface area contributed by atoms with Crippen molar-refractivity contribution < 1.29 is 13.9 Å². The van der Waals surface area contributed by atoms with Gasteiger partial charge in [0, 0.05) is 5.56 Å². The van der Waals surface area contributed by atoms with Crippen LogP contribution in [0.2, 0.25) is 0 Å². The summed E-state index contributed by atoms with van der Waals surface area (Å²) >= 11 is 0. The van der Waals surface area contributed by atoms with Crippen LogP contribution in [-0.2, 0) is 9.47 Å². The largest absolute Gasteiger partial charge is 0.346 e. The van der Waals surface area contributed by atoms with Crippen molar-refractivity contribution in [2.45, 2.75) is 18.8 Å². The average molecular weight is 207 g/mol. The van der Waals surface area contributed by atoms with E-state index in [0.717, 1.165) is 5.56 Å². The Morgan fingerprint density at radius 2 is 2.13 bits per heavy atom. The summed E-state index contributed by atoms with van der Waals surface area (Å²) in [5, 5.41) is 8.48. The molecule has 1 heterocycles. The van der Waals surface area contributed by atoms with Crippen molar-refractivity contribution in [1.29, 1.82) is 5.26 Å². The molecule has 3 nitrogen and oxygen atoms in total. The van der Waals surface area contributed by atoms with Crippen LogP contribution in [0.25, 0.3) is 0 Å². The van der Waals surface area contributed by atoms with Gasteiger partial charge in [-0.2, -0.15) is 5.26 Å². The van der Waals surface area contributed by atoms with Gasteiger partial charge in [-0.1, -0.05) is 12.1 Å². The topological polar surface area (TPSA) is 42.2 Å². The number of nitriles is 1. The standard InChI is InChI=1S/C11H10FNO2/c12-9-3-1-8(2-4-9)11-14-7-10(15-11)5-6-13/h1-4,10-11H,5,7H2. The molecule has 1 fully saturated rings. The van der Waals surface area contributed by atoms with Crippen molar-refractivity contribution in [1.82, 2.24) is 0 Å². The van der Waals surface area contributed by atoms with Gasteiger partial charge in [-0.25, -0.2) is 4.39 Å². The second-order valence-corrected chi connectivity index (χ2v) is 3.34. The molecule has 2 atom stereocenters. The van der Waals surface area contributed by atoms with E-state index >= 15 is 0 Å². The summed E-state index contributed by atoms with van der Waals surface area (Å²) in [6.45, 7) is 0.412. The molecule has 1 aliphatic heterocycles. The van der Waals surface area contributed by atoms with Gasteiger partial charge in [-0.3, -0.25) is 0 Å². The van der Waals surface area contributed by atoms with Crippen LogP contribution in [0, 0.1) is 17.1 Å². The molecular formula is C11H10FNO2. The van der Waals surface area contributed by atoms with Gasteiger partial charge in [0.15, 0.2) is 6.29 Å². The van der Waals surface area contributed by atoms with Crippen LogP contribution in [0.5, 0.6) is 0 Å². The highest BCUT2D eigenvalue weighted by molar-refractivity contribution is 5.17. The molecule has 0 radical (unpaired) electrons. The molecule has 0 saturated carbocycles. The van der Waals surface area contributed by atoms with E-state index in [0.29, 0.717) is 13.0 Å². The Morgan fingerprint density at radius 3 is 2.80 bits per heavy atom. The molecule has 0 spiro atoms. The smallest absolute Gasteiger partial charge is 0.184 e. The normalized spacial score (nSPS) is 25.1. The third-order valence-corrected chi connectivity index (χ3v) is 2.21. The predicted molar refractivity (Wildman–Crippen MR) is 50.2 cm³/mol. The second kappa shape index (κ2) is 4.39. The summed E-state index contributed by atoms with van der Waals surface area (Å²) in [5.41, 5.74) is 0.775. The van der Waals surface area contributed by atoms with Crippen LogP contribution in [-0.4, -0.2) is 12.7 Å². The Morgan fingerprint density at radius 1 is 1.40 bits per heavy atom. The first-order chi connectivity index (χ1) is 7.29. The van der Waals surface area contributed by atoms with Gasteiger partial charge < -0.3 is 9.47 Å². The Hall–Kier alpha value is -1.44. The number of benzene rings is 1. The van der Waals surface area contributed by atoms with Crippen molar-refractivity contribution in [2.75, 3.05) is 6.61 Å². The molecule has 1 saturated heterocycles. The van der Waals surface area contributed by atoms with E-state index in [-0.39, 0.29) is 11.9 Å². The summed E-state index contributed by atoms with van der Waals surface area (Å²) in [4.78, 5) is 0. The van der Waals surface area contributed by atoms with E-state index in [1.165, 1.54) is 12.1 Å². The summed E-state index contributed by atoms with van der Waals surface area (Å²) in [6, 6.07) is 7.99. The monoisotopic (exact) mass is 207 g/mol. The lowest BCUT2D eigenvalue weighted by Gasteiger charge is -2.09. The van der Waals surface area contributed by atoms with Gasteiger partial charge in [0.1, 0.15) is 5.82 Å². The Bertz CT molecular complexity index is 371. The first kappa shape index (κ1) is 10.1. The fraction of sp³-hybridized carbons (Fsp3) is 0.364. The number of hydrogen-bond acceptors (Lipinski definition) is 3. The summed E-state index contributed by atoms with van der Waals surface area (Å²) < 4.78 is 23.5. The van der Waals surface area contributed by atoms with E-state index < -0.39 is 6.29 Å². The molecule has 1 aliphatic rings. The SMILES string of the molecule is N#CCC1COC(c2ccc(F)cc2)O1. The van der Waals surface area contributed by atoms with Gasteiger partial charge in [-0.05, 0) is 12.1 Å². The van der Waals surface area contributed by atoms with Gasteiger partial charge in [0.2, 0.25) is 0 Å². The molecule has 0 aliphatic carbocycles. The zero-order valence-electron chi connectivity index (χ0n) is 8.02. The molecule has 0 N–H and O–H groups in total. The highest BCUT2D eigenvalue weighted by Crippen LogP contribution is 2.27. The van der Waals surface area contributed by atoms with E-state index in [1.54, 1.807) is 12.1 Å². The quantitative estimate of drug-likeness (QED) is 0.746. The molecule has 4 heteroatoms. The zero-order chi connectivity index (χ0) is 10.7. The van der Waals surface area contributed by atoms with Gasteiger partial charge >= 0.3 is 0 Å². The minimum absolute atomic E-state index is 0.176. The molecule has 2 unspecified atom stereocenters. The van der Waals surface area contributed by atoms with E-state index in [1.807, 2.05) is 6.07 Å². The van der Waals surface area contributed by atoms with Gasteiger partial charge in [0.25, 0.3) is 0 Å². The maximum Gasteiger partial charge on any atom is 0.184 e. The molecule has 78 valence electrons. The lowest BCUT2D eigenvalue weighted by molar-refractivity contribution is -0.0592. The summed E-state index contributed by atoms with van der Waals surface area (Å²) in [5.74, 6) is -0.287. The number of hydrogen-bond donors (Lipinski definition) is 0. The predicted octanol–water partition coefficient (Wildman–Crippen LogP) is 2.15. The third kappa shape index (κ3) is 2.32. The fourth-order valence-electron chi connectivity index (χ4n) is 1.45. The number of ether oxygens (including phenoxy) is 2. The van der Waals surface area contributed by atoms with E-state index in [9.17, 15) is 4.39 Å². The van der Waals surface area contributed by atoms with Crippen LogP contribution < -0.4 is 0 Å². The molecule has 0 aromatic heterocycles. The Kier molecular flexibility index (Phi) is 2.95. The number of halogens is 1. The summed E-state index contributed by atoms with van der Waals surface area (Å²) in [7, 11) is 0.